The van der Waals surface area contributed by atoms with E-state index in [1.165, 1.54) is 5.56 Å². The molecule has 0 bridgehead atoms. The van der Waals surface area contributed by atoms with E-state index in [0.717, 1.165) is 28.8 Å². The molecule has 0 saturated carbocycles. The first-order valence-corrected chi connectivity index (χ1v) is 9.32. The first-order valence-electron chi connectivity index (χ1n) is 9.32. The lowest BCUT2D eigenvalue weighted by atomic mass is 10.1. The van der Waals surface area contributed by atoms with E-state index in [1.54, 1.807) is 0 Å². The summed E-state index contributed by atoms with van der Waals surface area (Å²) in [4.78, 5) is 17.9. The van der Waals surface area contributed by atoms with Crippen LogP contribution in [0.5, 0.6) is 0 Å². The summed E-state index contributed by atoms with van der Waals surface area (Å²) in [6, 6.07) is 20.7. The highest BCUT2D eigenvalue weighted by molar-refractivity contribution is 6.00. The molecule has 1 aromatic heterocycles. The van der Waals surface area contributed by atoms with Crippen LogP contribution in [0, 0.1) is 0 Å². The molecule has 27 heavy (non-hydrogen) atoms. The number of rotatable bonds is 7. The van der Waals surface area contributed by atoms with Crippen molar-refractivity contribution in [2.45, 2.75) is 19.4 Å². The molecule has 0 spiro atoms. The topological polar surface area (TPSA) is 63.1 Å². The smallest absolute Gasteiger partial charge is 0.279 e. The Morgan fingerprint density at radius 1 is 1.11 bits per heavy atom. The highest BCUT2D eigenvalue weighted by Gasteiger charge is 2.15. The number of anilines is 2. The molecule has 0 aliphatic heterocycles. The molecule has 3 rings (SSSR count). The fourth-order valence-corrected chi connectivity index (χ4v) is 3.14. The number of carbonyl (C=O) groups excluding carboxylic acids is 1. The maximum atomic E-state index is 12.5. The number of hydrogen-bond donors (Lipinski definition) is 2. The first kappa shape index (κ1) is 18.9. The van der Waals surface area contributed by atoms with E-state index in [2.05, 4.69) is 46.8 Å². The number of carbonyl (C=O) groups is 1. The van der Waals surface area contributed by atoms with E-state index in [0.29, 0.717) is 12.6 Å². The molecule has 5 nitrogen and oxygen atoms in total. The van der Waals surface area contributed by atoms with Gasteiger partial charge in [-0.1, -0.05) is 42.5 Å². The number of para-hydroxylation sites is 1. The fraction of sp³-hybridized carbons (Fsp3) is 0.273. The lowest BCUT2D eigenvalue weighted by molar-refractivity contribution is -0.675. The van der Waals surface area contributed by atoms with Crippen molar-refractivity contribution >= 4 is 28.3 Å². The molecular weight excluding hydrogens is 336 g/mol. The summed E-state index contributed by atoms with van der Waals surface area (Å²) in [7, 11) is 3.95. The molecule has 0 saturated heterocycles. The Kier molecular flexibility index (Phi) is 6.04. The summed E-state index contributed by atoms with van der Waals surface area (Å²) in [5.74, 6) is 0.960. The standard InChI is InChI=1S/C22H26N4O/c1-16(13-17-9-5-4-6-10-17)23-15-22(27)25-20-14-21(26(2)3)24-19-12-8-7-11-18(19)20/h4-12,14,16,23H,13,15H2,1-3H3,(H,24,25,27)/p+2/t16-/m0/s1. The van der Waals surface area contributed by atoms with Gasteiger partial charge in [-0.05, 0) is 24.6 Å². The van der Waals surface area contributed by atoms with Gasteiger partial charge in [0.2, 0.25) is 0 Å². The van der Waals surface area contributed by atoms with Crippen LogP contribution in [-0.4, -0.2) is 32.6 Å². The molecule has 0 fully saturated rings. The van der Waals surface area contributed by atoms with E-state index in [1.807, 2.05) is 55.4 Å². The first-order chi connectivity index (χ1) is 13.0. The van der Waals surface area contributed by atoms with Gasteiger partial charge in [-0.15, -0.1) is 0 Å². The average Bonchev–Trinajstić information content (AvgIpc) is 2.67. The summed E-state index contributed by atoms with van der Waals surface area (Å²) in [5.41, 5.74) is 3.13. The number of amides is 1. The Hall–Kier alpha value is -2.92. The zero-order valence-corrected chi connectivity index (χ0v) is 16.2. The molecule has 1 atom stereocenters. The Morgan fingerprint density at radius 2 is 1.81 bits per heavy atom. The van der Waals surface area contributed by atoms with Crippen LogP contribution in [0.1, 0.15) is 12.5 Å². The number of quaternary nitrogens is 1. The van der Waals surface area contributed by atoms with Crippen molar-refractivity contribution in [1.82, 2.24) is 0 Å². The van der Waals surface area contributed by atoms with Crippen molar-refractivity contribution < 1.29 is 15.1 Å². The minimum Gasteiger partial charge on any atom is -0.336 e. The van der Waals surface area contributed by atoms with Gasteiger partial charge >= 0.3 is 0 Å². The van der Waals surface area contributed by atoms with Crippen LogP contribution in [0.15, 0.2) is 60.7 Å². The molecule has 1 heterocycles. The van der Waals surface area contributed by atoms with Gasteiger partial charge in [-0.2, -0.15) is 0 Å². The maximum Gasteiger partial charge on any atom is 0.279 e. The lowest BCUT2D eigenvalue weighted by Crippen LogP contribution is -2.91. The quantitative estimate of drug-likeness (QED) is 0.672. The normalized spacial score (nSPS) is 12.0. The van der Waals surface area contributed by atoms with E-state index >= 15 is 0 Å². The minimum absolute atomic E-state index is 0.0102. The second-order valence-corrected chi connectivity index (χ2v) is 7.16. The molecule has 0 aliphatic carbocycles. The molecule has 140 valence electrons. The van der Waals surface area contributed by atoms with Crippen LogP contribution in [0.25, 0.3) is 10.9 Å². The molecule has 0 aliphatic rings. The number of fused-ring (bicyclic) bond motifs is 1. The number of H-pyrrole nitrogens is 1. The summed E-state index contributed by atoms with van der Waals surface area (Å²) in [6.07, 6.45) is 0.947. The van der Waals surface area contributed by atoms with Crippen LogP contribution in [0.3, 0.4) is 0 Å². The summed E-state index contributed by atoms with van der Waals surface area (Å²) >= 11 is 0. The zero-order chi connectivity index (χ0) is 19.2. The molecule has 4 N–H and O–H groups in total. The maximum absolute atomic E-state index is 12.5. The number of nitrogens with two attached hydrogens (primary N) is 1. The Bertz CT molecular complexity index is 909. The van der Waals surface area contributed by atoms with Crippen molar-refractivity contribution in [3.05, 3.63) is 66.2 Å². The van der Waals surface area contributed by atoms with Gasteiger partial charge in [-0.3, -0.25) is 9.69 Å². The Morgan fingerprint density at radius 3 is 2.56 bits per heavy atom. The van der Waals surface area contributed by atoms with Crippen LogP contribution < -0.4 is 20.5 Å². The number of benzene rings is 2. The van der Waals surface area contributed by atoms with Crippen molar-refractivity contribution in [3.63, 3.8) is 0 Å². The van der Waals surface area contributed by atoms with Crippen molar-refractivity contribution in [2.75, 3.05) is 30.9 Å². The molecule has 2 aromatic carbocycles. The number of nitrogens with one attached hydrogen (secondary N) is 2. The predicted octanol–water partition coefficient (Wildman–Crippen LogP) is 1.85. The highest BCUT2D eigenvalue weighted by atomic mass is 16.1. The number of aromatic amines is 1. The highest BCUT2D eigenvalue weighted by Crippen LogP contribution is 2.23. The summed E-state index contributed by atoms with van der Waals surface area (Å²) < 4.78 is 0. The van der Waals surface area contributed by atoms with Crippen LogP contribution in [-0.2, 0) is 11.2 Å². The largest absolute Gasteiger partial charge is 0.336 e. The SMILES string of the molecule is C[C@@H](Cc1ccccc1)[NH2+]CC(=O)Nc1cc(N(C)C)[nH+]c2ccccc12. The summed E-state index contributed by atoms with van der Waals surface area (Å²) in [6.45, 7) is 2.55. The van der Waals surface area contributed by atoms with E-state index in [4.69, 9.17) is 0 Å². The molecule has 0 radical (unpaired) electrons. The number of aromatic nitrogens is 1. The van der Waals surface area contributed by atoms with Crippen molar-refractivity contribution in [1.29, 1.82) is 0 Å². The van der Waals surface area contributed by atoms with Gasteiger partial charge in [0.05, 0.1) is 31.9 Å². The molecule has 5 heteroatoms. The van der Waals surface area contributed by atoms with Crippen LogP contribution >= 0.6 is 0 Å². The molecule has 3 aromatic rings. The van der Waals surface area contributed by atoms with Gasteiger partial charge in [0.1, 0.15) is 5.52 Å². The Balaban J connectivity index is 1.65. The third-order valence-corrected chi connectivity index (χ3v) is 4.62. The van der Waals surface area contributed by atoms with Gasteiger partial charge < -0.3 is 10.6 Å². The fourth-order valence-electron chi connectivity index (χ4n) is 3.14. The average molecular weight is 364 g/mol. The second-order valence-electron chi connectivity index (χ2n) is 7.16. The number of pyridine rings is 1. The Labute approximate surface area is 160 Å². The molecule has 0 unspecified atom stereocenters. The van der Waals surface area contributed by atoms with Gasteiger partial charge in [0.15, 0.2) is 6.54 Å². The minimum atomic E-state index is 0.0102. The monoisotopic (exact) mass is 364 g/mol. The summed E-state index contributed by atoms with van der Waals surface area (Å²) in [5, 5.41) is 6.18. The number of hydrogen-bond acceptors (Lipinski definition) is 2. The van der Waals surface area contributed by atoms with E-state index in [9.17, 15) is 4.79 Å². The van der Waals surface area contributed by atoms with Crippen LogP contribution in [0.2, 0.25) is 0 Å². The van der Waals surface area contributed by atoms with Gasteiger partial charge in [-0.25, -0.2) is 4.98 Å². The van der Waals surface area contributed by atoms with E-state index < -0.39 is 0 Å². The number of nitrogens with zero attached hydrogens (tertiary/aromatic N) is 1. The van der Waals surface area contributed by atoms with E-state index in [-0.39, 0.29) is 5.91 Å². The van der Waals surface area contributed by atoms with Crippen LogP contribution in [0.4, 0.5) is 11.5 Å². The van der Waals surface area contributed by atoms with Gasteiger partial charge in [0.25, 0.3) is 11.7 Å². The predicted molar refractivity (Wildman–Crippen MR) is 110 cm³/mol. The van der Waals surface area contributed by atoms with Gasteiger partial charge in [0, 0.05) is 11.8 Å². The van der Waals surface area contributed by atoms with Crippen molar-refractivity contribution in [3.8, 4) is 0 Å². The van der Waals surface area contributed by atoms with Crippen molar-refractivity contribution in [2.24, 2.45) is 0 Å². The lowest BCUT2D eigenvalue weighted by Gasteiger charge is -2.13. The third kappa shape index (κ3) is 5.05. The molecular formula is C22H28N4O+2. The third-order valence-electron chi connectivity index (χ3n) is 4.62. The molecule has 1 amide bonds. The zero-order valence-electron chi connectivity index (χ0n) is 16.2. The second kappa shape index (κ2) is 8.64.